The van der Waals surface area contributed by atoms with Gasteiger partial charge in [0.05, 0.1) is 7.11 Å². The molecule has 0 aliphatic carbocycles. The van der Waals surface area contributed by atoms with E-state index in [1.165, 1.54) is 11.1 Å². The van der Waals surface area contributed by atoms with Crippen LogP contribution in [0.2, 0.25) is 0 Å². The molecule has 0 atom stereocenters. The van der Waals surface area contributed by atoms with Crippen LogP contribution in [0.25, 0.3) is 22.3 Å². The molecule has 0 N–H and O–H groups in total. The second-order valence-corrected chi connectivity index (χ2v) is 4.59. The highest BCUT2D eigenvalue weighted by atomic mass is 16.5. The van der Waals surface area contributed by atoms with Crippen molar-refractivity contribution in [1.82, 2.24) is 0 Å². The van der Waals surface area contributed by atoms with E-state index in [0.717, 1.165) is 16.9 Å². The third kappa shape index (κ3) is 2.57. The Kier molecular flexibility index (Phi) is 3.51. The van der Waals surface area contributed by atoms with Crippen molar-refractivity contribution < 1.29 is 4.74 Å². The van der Waals surface area contributed by atoms with Gasteiger partial charge in [0.15, 0.2) is 0 Å². The lowest BCUT2D eigenvalue weighted by Crippen LogP contribution is -1.84. The summed E-state index contributed by atoms with van der Waals surface area (Å²) in [6.45, 7) is 0. The molecule has 0 saturated heterocycles. The molecule has 0 unspecified atom stereocenters. The summed E-state index contributed by atoms with van der Waals surface area (Å²) >= 11 is 0. The normalized spacial score (nSPS) is 10.2. The van der Waals surface area contributed by atoms with E-state index >= 15 is 0 Å². The first kappa shape index (κ1) is 12.5. The highest BCUT2D eigenvalue weighted by Crippen LogP contribution is 2.27. The summed E-state index contributed by atoms with van der Waals surface area (Å²) in [6, 6.07) is 27.9. The lowest BCUT2D eigenvalue weighted by molar-refractivity contribution is 0.415. The predicted octanol–water partition coefficient (Wildman–Crippen LogP) is 4.83. The highest BCUT2D eigenvalue weighted by Gasteiger charge is 2.02. The Morgan fingerprint density at radius 2 is 1.50 bits per heavy atom. The molecule has 0 aromatic heterocycles. The van der Waals surface area contributed by atoms with Crippen molar-refractivity contribution in [3.05, 3.63) is 78.9 Å². The van der Waals surface area contributed by atoms with Gasteiger partial charge in [-0.3, -0.25) is 0 Å². The molecule has 1 heteroatoms. The fourth-order valence-corrected chi connectivity index (χ4v) is 2.21. The molecular formula is C19H15O. The summed E-state index contributed by atoms with van der Waals surface area (Å²) in [5, 5.41) is 0. The lowest BCUT2D eigenvalue weighted by Gasteiger charge is -2.06. The van der Waals surface area contributed by atoms with Gasteiger partial charge in [-0.15, -0.1) is 0 Å². The van der Waals surface area contributed by atoms with Crippen molar-refractivity contribution in [2.75, 3.05) is 7.11 Å². The van der Waals surface area contributed by atoms with Gasteiger partial charge in [-0.25, -0.2) is 0 Å². The maximum absolute atomic E-state index is 5.19. The van der Waals surface area contributed by atoms with Crippen LogP contribution in [0.1, 0.15) is 0 Å². The van der Waals surface area contributed by atoms with Crippen molar-refractivity contribution in [3.8, 4) is 28.0 Å². The average molecular weight is 259 g/mol. The number of hydrogen-bond donors (Lipinski definition) is 0. The molecule has 1 nitrogen and oxygen atoms in total. The zero-order valence-electron chi connectivity index (χ0n) is 11.3. The summed E-state index contributed by atoms with van der Waals surface area (Å²) in [5.41, 5.74) is 4.66. The summed E-state index contributed by atoms with van der Waals surface area (Å²) in [6.07, 6.45) is 0. The number of methoxy groups -OCH3 is 1. The molecule has 0 amide bonds. The van der Waals surface area contributed by atoms with Gasteiger partial charge >= 0.3 is 0 Å². The molecule has 3 aromatic rings. The molecule has 0 saturated carbocycles. The fourth-order valence-electron chi connectivity index (χ4n) is 2.21. The monoisotopic (exact) mass is 259 g/mol. The van der Waals surface area contributed by atoms with E-state index in [4.69, 9.17) is 4.74 Å². The van der Waals surface area contributed by atoms with Crippen LogP contribution in [-0.2, 0) is 0 Å². The molecule has 0 spiro atoms. The van der Waals surface area contributed by atoms with Crippen LogP contribution in [0, 0.1) is 6.07 Å². The molecule has 0 heterocycles. The molecule has 3 rings (SSSR count). The van der Waals surface area contributed by atoms with E-state index < -0.39 is 0 Å². The van der Waals surface area contributed by atoms with Gasteiger partial charge in [-0.05, 0) is 46.5 Å². The lowest BCUT2D eigenvalue weighted by atomic mass is 9.99. The minimum atomic E-state index is 0.868. The zero-order valence-corrected chi connectivity index (χ0v) is 11.3. The minimum Gasteiger partial charge on any atom is -0.497 e. The predicted molar refractivity (Wildman–Crippen MR) is 82.7 cm³/mol. The average Bonchev–Trinajstić information content (AvgIpc) is 2.56. The van der Waals surface area contributed by atoms with Crippen molar-refractivity contribution in [1.29, 1.82) is 0 Å². The van der Waals surface area contributed by atoms with Crippen LogP contribution in [0.4, 0.5) is 0 Å². The van der Waals surface area contributed by atoms with Crippen LogP contribution in [0.5, 0.6) is 5.75 Å². The van der Waals surface area contributed by atoms with E-state index in [1.807, 2.05) is 24.3 Å². The Labute approximate surface area is 119 Å². The Bertz CT molecular complexity index is 684. The number of rotatable bonds is 3. The van der Waals surface area contributed by atoms with Gasteiger partial charge in [0.1, 0.15) is 5.75 Å². The van der Waals surface area contributed by atoms with E-state index in [1.54, 1.807) is 7.11 Å². The van der Waals surface area contributed by atoms with Crippen LogP contribution in [0.15, 0.2) is 72.8 Å². The topological polar surface area (TPSA) is 9.23 Å². The van der Waals surface area contributed by atoms with Gasteiger partial charge in [0.25, 0.3) is 0 Å². The minimum absolute atomic E-state index is 0.868. The third-order valence-electron chi connectivity index (χ3n) is 3.31. The smallest absolute Gasteiger partial charge is 0.118 e. The number of benzene rings is 3. The van der Waals surface area contributed by atoms with E-state index in [2.05, 4.69) is 54.6 Å². The fraction of sp³-hybridized carbons (Fsp3) is 0.0526. The van der Waals surface area contributed by atoms with E-state index in [-0.39, 0.29) is 0 Å². The molecule has 0 aliphatic heterocycles. The van der Waals surface area contributed by atoms with E-state index in [9.17, 15) is 0 Å². The Morgan fingerprint density at radius 3 is 2.20 bits per heavy atom. The quantitative estimate of drug-likeness (QED) is 0.654. The Hall–Kier alpha value is -2.54. The molecule has 0 aliphatic rings. The molecular weight excluding hydrogens is 244 g/mol. The third-order valence-corrected chi connectivity index (χ3v) is 3.31. The van der Waals surface area contributed by atoms with Crippen LogP contribution < -0.4 is 4.74 Å². The van der Waals surface area contributed by atoms with Crippen LogP contribution in [-0.4, -0.2) is 7.11 Å². The summed E-state index contributed by atoms with van der Waals surface area (Å²) in [7, 11) is 1.68. The van der Waals surface area contributed by atoms with Gasteiger partial charge in [-0.2, -0.15) is 0 Å². The molecule has 3 aromatic carbocycles. The zero-order chi connectivity index (χ0) is 13.8. The summed E-state index contributed by atoms with van der Waals surface area (Å²) in [5.74, 6) is 0.868. The van der Waals surface area contributed by atoms with Gasteiger partial charge < -0.3 is 4.74 Å². The van der Waals surface area contributed by atoms with Gasteiger partial charge in [0.2, 0.25) is 0 Å². The summed E-state index contributed by atoms with van der Waals surface area (Å²) < 4.78 is 5.19. The number of hydrogen-bond acceptors (Lipinski definition) is 1. The summed E-state index contributed by atoms with van der Waals surface area (Å²) in [4.78, 5) is 0. The van der Waals surface area contributed by atoms with Crippen LogP contribution >= 0.6 is 0 Å². The second-order valence-electron chi connectivity index (χ2n) is 4.59. The molecule has 1 radical (unpaired) electrons. The standard InChI is InChI=1S/C19H15O/c1-20-19-12-10-16(11-13-19)18-9-5-8-17(14-18)15-6-3-2-4-7-15/h2-8,10-14H,1H3. The molecule has 97 valence electrons. The largest absolute Gasteiger partial charge is 0.497 e. The van der Waals surface area contributed by atoms with Gasteiger partial charge in [-0.1, -0.05) is 54.6 Å². The first-order chi connectivity index (χ1) is 9.86. The van der Waals surface area contributed by atoms with Crippen molar-refractivity contribution in [2.45, 2.75) is 0 Å². The highest BCUT2D eigenvalue weighted by molar-refractivity contribution is 5.72. The first-order valence-corrected chi connectivity index (χ1v) is 6.58. The maximum Gasteiger partial charge on any atom is 0.118 e. The van der Waals surface area contributed by atoms with Crippen molar-refractivity contribution in [3.63, 3.8) is 0 Å². The van der Waals surface area contributed by atoms with E-state index in [0.29, 0.717) is 0 Å². The van der Waals surface area contributed by atoms with Crippen molar-refractivity contribution in [2.24, 2.45) is 0 Å². The second kappa shape index (κ2) is 5.62. The first-order valence-electron chi connectivity index (χ1n) is 6.58. The van der Waals surface area contributed by atoms with Crippen LogP contribution in [0.3, 0.4) is 0 Å². The number of ether oxygens (including phenoxy) is 1. The molecule has 20 heavy (non-hydrogen) atoms. The maximum atomic E-state index is 5.19. The molecule has 0 fully saturated rings. The SMILES string of the molecule is COc1ccc(-c2[c]ccc(-c3ccccc3)c2)cc1. The van der Waals surface area contributed by atoms with Crippen molar-refractivity contribution >= 4 is 0 Å². The molecule has 0 bridgehead atoms. The Morgan fingerprint density at radius 1 is 0.750 bits per heavy atom. The van der Waals surface area contributed by atoms with Gasteiger partial charge in [0, 0.05) is 0 Å². The Balaban J connectivity index is 1.98.